The first kappa shape index (κ1) is 20.9. The Morgan fingerprint density at radius 3 is 1.88 bits per heavy atom. The van der Waals surface area contributed by atoms with E-state index in [2.05, 4.69) is 71.7 Å². The van der Waals surface area contributed by atoms with E-state index < -0.39 is 0 Å². The molecule has 0 saturated heterocycles. The lowest BCUT2D eigenvalue weighted by atomic mass is 9.98. The summed E-state index contributed by atoms with van der Waals surface area (Å²) in [5.74, 6) is 0. The minimum absolute atomic E-state index is 0.633. The van der Waals surface area contributed by atoms with Gasteiger partial charge in [0, 0.05) is 39.0 Å². The van der Waals surface area contributed by atoms with Crippen molar-refractivity contribution in [1.82, 2.24) is 9.97 Å². The van der Waals surface area contributed by atoms with Crippen molar-refractivity contribution in [3.63, 3.8) is 0 Å². The molecule has 0 aliphatic rings. The predicted octanol–water partition coefficient (Wildman–Crippen LogP) is 9.09. The van der Waals surface area contributed by atoms with Crippen LogP contribution in [0.4, 0.5) is 0 Å². The Morgan fingerprint density at radius 2 is 1.18 bits per heavy atom. The van der Waals surface area contributed by atoms with Crippen molar-refractivity contribution in [2.45, 2.75) is 0 Å². The summed E-state index contributed by atoms with van der Waals surface area (Å²) in [6.07, 6.45) is 3.75. The zero-order chi connectivity index (χ0) is 23.1. The third-order valence-corrected chi connectivity index (χ3v) is 6.48. The molecule has 0 aliphatic heterocycles. The van der Waals surface area contributed by atoms with Gasteiger partial charge in [0.25, 0.3) is 0 Å². The van der Waals surface area contributed by atoms with Crippen molar-refractivity contribution < 1.29 is 0 Å². The van der Waals surface area contributed by atoms with Crippen molar-refractivity contribution in [3.05, 3.63) is 120 Å². The number of pyridine rings is 2. The second kappa shape index (κ2) is 8.57. The first-order chi connectivity index (χ1) is 16.6. The van der Waals surface area contributed by atoms with Gasteiger partial charge in [0.2, 0.25) is 0 Å². The van der Waals surface area contributed by atoms with Crippen LogP contribution in [-0.4, -0.2) is 9.97 Å². The van der Waals surface area contributed by atoms with Gasteiger partial charge in [-0.15, -0.1) is 0 Å². The molecule has 0 saturated carbocycles. The van der Waals surface area contributed by atoms with E-state index in [-0.39, 0.29) is 0 Å². The topological polar surface area (TPSA) is 25.8 Å². The van der Waals surface area contributed by atoms with E-state index in [4.69, 9.17) is 28.2 Å². The van der Waals surface area contributed by atoms with Crippen molar-refractivity contribution in [2.75, 3.05) is 0 Å². The summed E-state index contributed by atoms with van der Waals surface area (Å²) in [6.45, 7) is 0. The van der Waals surface area contributed by atoms with Gasteiger partial charge in [-0.05, 0) is 69.9 Å². The maximum absolute atomic E-state index is 6.19. The molecular weight excluding hydrogens is 459 g/mol. The summed E-state index contributed by atoms with van der Waals surface area (Å²) in [6, 6.07) is 32.9. The molecule has 34 heavy (non-hydrogen) atoms. The monoisotopic (exact) mass is 476 g/mol. The minimum atomic E-state index is 0.633. The van der Waals surface area contributed by atoms with Crippen LogP contribution in [-0.2, 0) is 0 Å². The molecule has 0 bridgehead atoms. The Kier molecular flexibility index (Phi) is 5.26. The van der Waals surface area contributed by atoms with Crippen LogP contribution in [0.1, 0.15) is 0 Å². The number of aromatic nitrogens is 2. The van der Waals surface area contributed by atoms with Crippen LogP contribution in [0.25, 0.3) is 55.2 Å². The summed E-state index contributed by atoms with van der Waals surface area (Å²) >= 11 is 12.4. The summed E-state index contributed by atoms with van der Waals surface area (Å²) < 4.78 is 0. The number of para-hydroxylation sites is 1. The fraction of sp³-hybridized carbons (Fsp3) is 0. The van der Waals surface area contributed by atoms with Gasteiger partial charge in [0.1, 0.15) is 0 Å². The number of fused-ring (bicyclic) bond motifs is 2. The molecule has 6 rings (SSSR count). The Morgan fingerprint density at radius 1 is 0.500 bits per heavy atom. The molecule has 0 fully saturated rings. The van der Waals surface area contributed by atoms with Crippen molar-refractivity contribution in [1.29, 1.82) is 0 Å². The first-order valence-corrected chi connectivity index (χ1v) is 11.7. The molecule has 2 aromatic heterocycles. The third kappa shape index (κ3) is 3.92. The highest BCUT2D eigenvalue weighted by molar-refractivity contribution is 6.35. The molecule has 162 valence electrons. The minimum Gasteiger partial charge on any atom is -0.256 e. The second-order valence-corrected chi connectivity index (χ2v) is 9.12. The van der Waals surface area contributed by atoms with Crippen molar-refractivity contribution in [2.24, 2.45) is 0 Å². The highest BCUT2D eigenvalue weighted by Crippen LogP contribution is 2.32. The summed E-state index contributed by atoms with van der Waals surface area (Å²) in [5.41, 5.74) is 7.21. The average molecular weight is 477 g/mol. The fourth-order valence-electron chi connectivity index (χ4n) is 4.36. The zero-order valence-corrected chi connectivity index (χ0v) is 19.6. The first-order valence-electron chi connectivity index (χ1n) is 10.9. The van der Waals surface area contributed by atoms with Crippen LogP contribution in [0, 0.1) is 0 Å². The van der Waals surface area contributed by atoms with Gasteiger partial charge in [-0.2, -0.15) is 0 Å². The summed E-state index contributed by atoms with van der Waals surface area (Å²) in [7, 11) is 0. The molecule has 4 aromatic carbocycles. The molecular formula is C30H18Cl2N2. The highest BCUT2D eigenvalue weighted by Gasteiger charge is 2.08. The van der Waals surface area contributed by atoms with Gasteiger partial charge >= 0.3 is 0 Å². The molecule has 0 N–H and O–H groups in total. The zero-order valence-electron chi connectivity index (χ0n) is 18.0. The van der Waals surface area contributed by atoms with Crippen LogP contribution in [0.5, 0.6) is 0 Å². The largest absolute Gasteiger partial charge is 0.256 e. The SMILES string of the molecule is Clc1cc(Cl)cc(-c2ccc3cc(-c4ccc(-c5cccc6cccnc56)nc4)ccc3c2)c1. The number of hydrogen-bond acceptors (Lipinski definition) is 2. The van der Waals surface area contributed by atoms with Crippen molar-refractivity contribution >= 4 is 44.9 Å². The third-order valence-electron chi connectivity index (χ3n) is 6.04. The predicted molar refractivity (Wildman–Crippen MR) is 143 cm³/mol. The Labute approximate surface area is 207 Å². The van der Waals surface area contributed by atoms with Gasteiger partial charge in [-0.1, -0.05) is 77.8 Å². The highest BCUT2D eigenvalue weighted by atomic mass is 35.5. The number of halogens is 2. The van der Waals surface area contributed by atoms with E-state index in [0.717, 1.165) is 55.2 Å². The molecule has 0 aliphatic carbocycles. The molecule has 6 aromatic rings. The van der Waals surface area contributed by atoms with E-state index in [9.17, 15) is 0 Å². The molecule has 4 heteroatoms. The Hall–Kier alpha value is -3.72. The lowest BCUT2D eigenvalue weighted by molar-refractivity contribution is 1.32. The van der Waals surface area contributed by atoms with E-state index in [0.29, 0.717) is 10.0 Å². The fourth-order valence-corrected chi connectivity index (χ4v) is 4.89. The van der Waals surface area contributed by atoms with Gasteiger partial charge in [-0.25, -0.2) is 0 Å². The lowest BCUT2D eigenvalue weighted by Crippen LogP contribution is -1.88. The molecule has 0 atom stereocenters. The van der Waals surface area contributed by atoms with Crippen LogP contribution < -0.4 is 0 Å². The maximum atomic E-state index is 6.19. The molecule has 0 spiro atoms. The lowest BCUT2D eigenvalue weighted by Gasteiger charge is -2.09. The Balaban J connectivity index is 1.34. The van der Waals surface area contributed by atoms with E-state index in [1.807, 2.05) is 36.7 Å². The standard InChI is InChI=1S/C30H18Cl2N2/c31-26-15-25(16-27(32)17-26)23-9-7-20-13-22(8-6-21(20)14-23)24-10-11-29(34-18-24)28-5-1-3-19-4-2-12-33-30(19)28/h1-18H. The second-order valence-electron chi connectivity index (χ2n) is 8.25. The summed E-state index contributed by atoms with van der Waals surface area (Å²) in [5, 5.41) is 4.70. The molecule has 2 nitrogen and oxygen atoms in total. The average Bonchev–Trinajstić information content (AvgIpc) is 2.87. The van der Waals surface area contributed by atoms with E-state index >= 15 is 0 Å². The van der Waals surface area contributed by atoms with Crippen LogP contribution in [0.3, 0.4) is 0 Å². The van der Waals surface area contributed by atoms with E-state index in [1.54, 1.807) is 6.07 Å². The van der Waals surface area contributed by atoms with Gasteiger partial charge in [0.15, 0.2) is 0 Å². The quantitative estimate of drug-likeness (QED) is 0.254. The van der Waals surface area contributed by atoms with Gasteiger partial charge < -0.3 is 0 Å². The molecule has 0 radical (unpaired) electrons. The molecule has 2 heterocycles. The number of hydrogen-bond donors (Lipinski definition) is 0. The van der Waals surface area contributed by atoms with Crippen LogP contribution in [0.2, 0.25) is 10.0 Å². The van der Waals surface area contributed by atoms with Crippen LogP contribution >= 0.6 is 23.2 Å². The normalized spacial score (nSPS) is 11.2. The van der Waals surface area contributed by atoms with Crippen molar-refractivity contribution in [3.8, 4) is 33.5 Å². The van der Waals surface area contributed by atoms with Crippen LogP contribution in [0.15, 0.2) is 109 Å². The Bertz CT molecular complexity index is 1650. The number of benzene rings is 4. The molecule has 0 unspecified atom stereocenters. The number of rotatable bonds is 3. The van der Waals surface area contributed by atoms with Gasteiger partial charge in [0.05, 0.1) is 11.2 Å². The summed E-state index contributed by atoms with van der Waals surface area (Å²) in [4.78, 5) is 9.32. The maximum Gasteiger partial charge on any atom is 0.0795 e. The van der Waals surface area contributed by atoms with E-state index in [1.165, 1.54) is 0 Å². The number of nitrogens with zero attached hydrogens (tertiary/aromatic N) is 2. The molecule has 0 amide bonds. The smallest absolute Gasteiger partial charge is 0.0795 e. The van der Waals surface area contributed by atoms with Gasteiger partial charge in [-0.3, -0.25) is 9.97 Å².